The topological polar surface area (TPSA) is 130 Å². The third-order valence-corrected chi connectivity index (χ3v) is 13.1. The summed E-state index contributed by atoms with van der Waals surface area (Å²) >= 11 is 0. The Hall–Kier alpha value is -2.92. The van der Waals surface area contributed by atoms with Gasteiger partial charge in [-0.3, -0.25) is 0 Å². The second-order valence-electron chi connectivity index (χ2n) is 17.1. The van der Waals surface area contributed by atoms with Gasteiger partial charge < -0.3 is 38.6 Å². The van der Waals surface area contributed by atoms with Crippen molar-refractivity contribution in [3.63, 3.8) is 0 Å². The largest absolute Gasteiger partial charge is 0.490 e. The summed E-state index contributed by atoms with van der Waals surface area (Å²) in [6.07, 6.45) is 15.6. The van der Waals surface area contributed by atoms with Gasteiger partial charge in [0.25, 0.3) is 0 Å². The van der Waals surface area contributed by atoms with E-state index in [-0.39, 0.29) is 63.7 Å². The average molecular weight is 723 g/mol. The van der Waals surface area contributed by atoms with E-state index in [2.05, 4.69) is 25.3 Å². The predicted octanol–water partition coefficient (Wildman–Crippen LogP) is 5.59. The van der Waals surface area contributed by atoms with E-state index in [1.54, 1.807) is 0 Å². The maximum Gasteiger partial charge on any atom is 0.330 e. The van der Waals surface area contributed by atoms with Gasteiger partial charge >= 0.3 is 11.9 Å². The van der Waals surface area contributed by atoms with Crippen molar-refractivity contribution in [1.29, 1.82) is 0 Å². The zero-order valence-electron chi connectivity index (χ0n) is 30.6. The number of rotatable bonds is 20. The molecule has 0 heterocycles. The summed E-state index contributed by atoms with van der Waals surface area (Å²) in [6.45, 7) is 7.49. The van der Waals surface area contributed by atoms with Crippen molar-refractivity contribution in [3.8, 4) is 11.5 Å². The molecule has 1 aromatic rings. The van der Waals surface area contributed by atoms with Gasteiger partial charge in [-0.05, 0) is 129 Å². The van der Waals surface area contributed by atoms with Crippen LogP contribution >= 0.6 is 0 Å². The third kappa shape index (κ3) is 8.40. The Labute approximate surface area is 308 Å². The number of esters is 2. The van der Waals surface area contributed by atoms with Crippen molar-refractivity contribution < 1.29 is 48.2 Å². The van der Waals surface area contributed by atoms with Crippen LogP contribution in [0.15, 0.2) is 37.4 Å². The molecule has 2 unspecified atom stereocenters. The van der Waals surface area contributed by atoms with Crippen molar-refractivity contribution >= 4 is 11.9 Å². The van der Waals surface area contributed by atoms with E-state index in [9.17, 15) is 19.8 Å². The number of hydrogen-bond acceptors (Lipinski definition) is 10. The van der Waals surface area contributed by atoms with Gasteiger partial charge in [-0.1, -0.05) is 13.2 Å². The summed E-state index contributed by atoms with van der Waals surface area (Å²) in [5, 5.41) is 21.8. The minimum Gasteiger partial charge on any atom is -0.490 e. The number of benzene rings is 1. The lowest BCUT2D eigenvalue weighted by molar-refractivity contribution is -0.140. The first kappa shape index (κ1) is 37.4. The van der Waals surface area contributed by atoms with Crippen molar-refractivity contribution in [2.24, 2.45) is 35.5 Å². The van der Waals surface area contributed by atoms with Crippen LogP contribution in [-0.4, -0.2) is 87.2 Å². The highest BCUT2D eigenvalue weighted by Gasteiger charge is 2.55. The summed E-state index contributed by atoms with van der Waals surface area (Å²) in [6, 6.07) is 4.55. The van der Waals surface area contributed by atoms with E-state index in [1.165, 1.54) is 88.2 Å². The average Bonchev–Trinajstić information content (AvgIpc) is 3.11. The molecule has 10 nitrogen and oxygen atoms in total. The van der Waals surface area contributed by atoms with E-state index < -0.39 is 24.1 Å². The Balaban J connectivity index is 1.13. The first-order valence-corrected chi connectivity index (χ1v) is 19.7. The monoisotopic (exact) mass is 722 g/mol. The molecule has 8 aliphatic rings. The molecule has 0 spiro atoms. The SMILES string of the molecule is C=CC(=O)OCCOCC(O)COc1cc(OCC(O)COCCOC(=O)C=C)c(C23CC4CC(CC(C4)C2)C3)cc1C12CC3CC(CC(C3)C1)C2. The number of carbonyl (C=O) groups is 2. The number of hydrogen-bond donors (Lipinski definition) is 2. The van der Waals surface area contributed by atoms with E-state index >= 15 is 0 Å². The number of carbonyl (C=O) groups excluding carboxylic acids is 2. The molecule has 9 rings (SSSR count). The van der Waals surface area contributed by atoms with Crippen molar-refractivity contribution in [2.75, 3.05) is 52.9 Å². The second-order valence-corrected chi connectivity index (χ2v) is 17.1. The van der Waals surface area contributed by atoms with E-state index in [0.29, 0.717) is 0 Å². The normalized spacial score (nSPS) is 33.3. The summed E-state index contributed by atoms with van der Waals surface area (Å²) in [4.78, 5) is 22.7. The minimum atomic E-state index is -0.878. The highest BCUT2D eigenvalue weighted by Crippen LogP contribution is 2.65. The maximum atomic E-state index is 11.3. The van der Waals surface area contributed by atoms with Gasteiger partial charge in [0, 0.05) is 29.3 Å². The molecule has 52 heavy (non-hydrogen) atoms. The van der Waals surface area contributed by atoms with Crippen molar-refractivity contribution in [2.45, 2.75) is 100 Å². The van der Waals surface area contributed by atoms with Crippen LogP contribution in [0.1, 0.15) is 88.2 Å². The summed E-state index contributed by atoms with van der Waals surface area (Å²) in [7, 11) is 0. The highest BCUT2D eigenvalue weighted by atomic mass is 16.6. The van der Waals surface area contributed by atoms with Crippen LogP contribution in [0.2, 0.25) is 0 Å². The molecule has 0 radical (unpaired) electrons. The van der Waals surface area contributed by atoms with Crippen LogP contribution in [0.5, 0.6) is 11.5 Å². The van der Waals surface area contributed by atoms with Crippen LogP contribution < -0.4 is 9.47 Å². The number of aliphatic hydroxyl groups is 2. The number of aliphatic hydroxyl groups excluding tert-OH is 2. The van der Waals surface area contributed by atoms with Crippen LogP contribution in [0.4, 0.5) is 0 Å². The molecular weight excluding hydrogens is 664 g/mol. The van der Waals surface area contributed by atoms with Crippen LogP contribution in [0, 0.1) is 35.5 Å². The van der Waals surface area contributed by atoms with Gasteiger partial charge in [-0.25, -0.2) is 9.59 Å². The lowest BCUT2D eigenvalue weighted by atomic mass is 9.46. The Bertz CT molecular complexity index is 1280. The van der Waals surface area contributed by atoms with Gasteiger partial charge in [0.15, 0.2) is 0 Å². The fraction of sp³-hybridized carbons (Fsp3) is 0.714. The Morgan fingerprint density at radius 3 is 1.27 bits per heavy atom. The first-order chi connectivity index (χ1) is 25.2. The summed E-state index contributed by atoms with van der Waals surface area (Å²) in [5.41, 5.74) is 2.68. The molecular formula is C42H58O10. The van der Waals surface area contributed by atoms with Gasteiger partial charge in [0.05, 0.1) is 26.4 Å². The van der Waals surface area contributed by atoms with Crippen molar-refractivity contribution in [1.82, 2.24) is 0 Å². The van der Waals surface area contributed by atoms with Crippen LogP contribution in [0.25, 0.3) is 0 Å². The zero-order valence-corrected chi connectivity index (χ0v) is 30.6. The predicted molar refractivity (Wildman–Crippen MR) is 193 cm³/mol. The molecule has 2 atom stereocenters. The minimum absolute atomic E-state index is 0.0477. The molecule has 1 aromatic carbocycles. The highest BCUT2D eigenvalue weighted by molar-refractivity contribution is 5.81. The Morgan fingerprint density at radius 2 is 0.942 bits per heavy atom. The molecule has 8 bridgehead atoms. The number of ether oxygens (including phenoxy) is 6. The zero-order chi connectivity index (χ0) is 36.3. The van der Waals surface area contributed by atoms with Gasteiger partial charge in [0.2, 0.25) is 0 Å². The van der Waals surface area contributed by atoms with Gasteiger partial charge in [-0.15, -0.1) is 0 Å². The molecule has 8 aliphatic carbocycles. The third-order valence-electron chi connectivity index (χ3n) is 13.1. The van der Waals surface area contributed by atoms with Gasteiger partial charge in [0.1, 0.15) is 50.1 Å². The first-order valence-electron chi connectivity index (χ1n) is 19.7. The van der Waals surface area contributed by atoms with E-state index in [0.717, 1.165) is 59.2 Å². The Kier molecular flexibility index (Phi) is 11.7. The van der Waals surface area contributed by atoms with Crippen LogP contribution in [0.3, 0.4) is 0 Å². The quantitative estimate of drug-likeness (QED) is 0.0998. The van der Waals surface area contributed by atoms with Crippen LogP contribution in [-0.2, 0) is 39.4 Å². The Morgan fingerprint density at radius 1 is 0.596 bits per heavy atom. The molecule has 2 N–H and O–H groups in total. The smallest absolute Gasteiger partial charge is 0.330 e. The molecule has 8 saturated carbocycles. The molecule has 10 heteroatoms. The molecule has 8 fully saturated rings. The molecule has 286 valence electrons. The molecule has 0 saturated heterocycles. The maximum absolute atomic E-state index is 11.3. The molecule has 0 aliphatic heterocycles. The fourth-order valence-corrected chi connectivity index (χ4v) is 11.9. The molecule has 0 aromatic heterocycles. The second kappa shape index (κ2) is 16.2. The lowest BCUT2D eigenvalue weighted by Crippen LogP contribution is -2.50. The lowest BCUT2D eigenvalue weighted by Gasteiger charge is -2.58. The standard InChI is InChI=1S/C42H58O10/c1-3-39(45)49-7-5-47-23-33(43)25-51-37-16-38(52-26-34(44)24-48-6-8-50-40(46)4-2)36(42-20-30-12-31(21-42)14-32(13-30)22-42)15-35(37)41-17-27-9-28(18-41)11-29(10-27)19-41/h3-4,15-16,27-34,43-44H,1-2,5-14,17-26H2. The van der Waals surface area contributed by atoms with E-state index in [4.69, 9.17) is 28.4 Å². The van der Waals surface area contributed by atoms with Gasteiger partial charge in [-0.2, -0.15) is 0 Å². The molecule has 0 amide bonds. The van der Waals surface area contributed by atoms with E-state index in [1.807, 2.05) is 0 Å². The fourth-order valence-electron chi connectivity index (χ4n) is 11.9. The van der Waals surface area contributed by atoms with Crippen molar-refractivity contribution in [3.05, 3.63) is 48.6 Å². The summed E-state index contributed by atoms with van der Waals surface area (Å²) < 4.78 is 34.3. The summed E-state index contributed by atoms with van der Waals surface area (Å²) in [5.74, 6) is 5.02.